The Balaban J connectivity index is 1.26. The normalized spacial score (nSPS) is 25.6. The third kappa shape index (κ3) is 5.34. The van der Waals surface area contributed by atoms with Crippen LogP contribution in [0.4, 0.5) is 10.5 Å². The van der Waals surface area contributed by atoms with Gasteiger partial charge in [-0.3, -0.25) is 4.90 Å². The van der Waals surface area contributed by atoms with Crippen LogP contribution in [-0.4, -0.2) is 84.8 Å². The molecule has 0 aliphatic carbocycles. The topological polar surface area (TPSA) is 48.1 Å². The first-order chi connectivity index (χ1) is 14.5. The average Bonchev–Trinajstić information content (AvgIpc) is 2.75. The third-order valence-corrected chi connectivity index (χ3v) is 7.00. The summed E-state index contributed by atoms with van der Waals surface area (Å²) in [5.74, 6) is 0.743. The summed E-state index contributed by atoms with van der Waals surface area (Å²) in [4.78, 5) is 19.9. The second-order valence-electron chi connectivity index (χ2n) is 9.69. The Labute approximate surface area is 181 Å². The van der Waals surface area contributed by atoms with Gasteiger partial charge in [0.25, 0.3) is 0 Å². The van der Waals surface area contributed by atoms with E-state index < -0.39 is 0 Å². The van der Waals surface area contributed by atoms with Crippen LogP contribution in [0.5, 0.6) is 0 Å². The van der Waals surface area contributed by atoms with Gasteiger partial charge in [0.15, 0.2) is 0 Å². The van der Waals surface area contributed by atoms with Crippen molar-refractivity contribution < 1.29 is 9.53 Å². The summed E-state index contributed by atoms with van der Waals surface area (Å²) in [7, 11) is 0. The molecule has 0 aromatic heterocycles. The monoisotopic (exact) mass is 414 g/mol. The zero-order valence-corrected chi connectivity index (χ0v) is 18.7. The first-order valence-corrected chi connectivity index (χ1v) is 11.7. The molecule has 0 radical (unpaired) electrons. The third-order valence-electron chi connectivity index (χ3n) is 7.00. The molecule has 1 spiro atoms. The van der Waals surface area contributed by atoms with E-state index >= 15 is 0 Å². The van der Waals surface area contributed by atoms with E-state index in [0.717, 1.165) is 57.0 Å². The van der Waals surface area contributed by atoms with Gasteiger partial charge in [-0.05, 0) is 43.7 Å². The molecular weight excluding hydrogens is 376 g/mol. The molecular formula is C24H38N4O2. The number of nitrogens with zero attached hydrogens (tertiary/aromatic N) is 3. The van der Waals surface area contributed by atoms with E-state index in [1.54, 1.807) is 0 Å². The predicted molar refractivity (Wildman–Crippen MR) is 121 cm³/mol. The molecule has 1 aromatic carbocycles. The van der Waals surface area contributed by atoms with E-state index in [1.807, 2.05) is 35.2 Å². The number of piperazine rings is 1. The number of hydrogen-bond donors (Lipinski definition) is 1. The maximum Gasteiger partial charge on any atom is 0.321 e. The van der Waals surface area contributed by atoms with Crippen molar-refractivity contribution in [2.24, 2.45) is 5.92 Å². The number of hydrogen-bond acceptors (Lipinski definition) is 4. The summed E-state index contributed by atoms with van der Waals surface area (Å²) in [6.07, 6.45) is 4.15. The van der Waals surface area contributed by atoms with Gasteiger partial charge in [0.05, 0.1) is 5.60 Å². The zero-order valence-electron chi connectivity index (χ0n) is 18.7. The number of ether oxygens (including phenoxy) is 1. The minimum Gasteiger partial charge on any atom is -0.375 e. The van der Waals surface area contributed by atoms with Crippen LogP contribution in [0.25, 0.3) is 0 Å². The molecule has 3 heterocycles. The van der Waals surface area contributed by atoms with Crippen molar-refractivity contribution >= 4 is 11.7 Å². The summed E-state index contributed by atoms with van der Waals surface area (Å²) in [6.45, 7) is 13.0. The Hall–Kier alpha value is -1.63. The van der Waals surface area contributed by atoms with Gasteiger partial charge in [0.2, 0.25) is 0 Å². The second-order valence-corrected chi connectivity index (χ2v) is 9.69. The maximum absolute atomic E-state index is 12.6. The van der Waals surface area contributed by atoms with Crippen LogP contribution in [0.15, 0.2) is 30.3 Å². The minimum atomic E-state index is -0.0402. The van der Waals surface area contributed by atoms with Crippen LogP contribution in [-0.2, 0) is 4.74 Å². The Morgan fingerprint density at radius 2 is 1.80 bits per heavy atom. The average molecular weight is 415 g/mol. The fourth-order valence-corrected chi connectivity index (χ4v) is 5.33. The van der Waals surface area contributed by atoms with Gasteiger partial charge in [-0.15, -0.1) is 0 Å². The number of carbonyl (C=O) groups excluding carboxylic acids is 1. The van der Waals surface area contributed by atoms with Crippen LogP contribution in [0.2, 0.25) is 0 Å². The molecule has 1 aromatic rings. The zero-order chi connectivity index (χ0) is 21.0. The highest BCUT2D eigenvalue weighted by atomic mass is 16.5. The highest BCUT2D eigenvalue weighted by molar-refractivity contribution is 5.89. The van der Waals surface area contributed by atoms with E-state index in [1.165, 1.54) is 32.7 Å². The summed E-state index contributed by atoms with van der Waals surface area (Å²) < 4.78 is 6.35. The predicted octanol–water partition coefficient (Wildman–Crippen LogP) is 3.51. The molecule has 2 amide bonds. The van der Waals surface area contributed by atoms with Gasteiger partial charge in [-0.25, -0.2) is 4.79 Å². The molecule has 166 valence electrons. The van der Waals surface area contributed by atoms with Gasteiger partial charge < -0.3 is 19.9 Å². The Morgan fingerprint density at radius 1 is 1.10 bits per heavy atom. The van der Waals surface area contributed by atoms with Crippen molar-refractivity contribution in [2.75, 3.05) is 57.7 Å². The minimum absolute atomic E-state index is 0.00434. The molecule has 3 fully saturated rings. The number of benzene rings is 1. The second kappa shape index (κ2) is 9.67. The molecule has 0 bridgehead atoms. The summed E-state index contributed by atoms with van der Waals surface area (Å²) >= 11 is 0. The lowest BCUT2D eigenvalue weighted by Gasteiger charge is -2.49. The molecule has 0 unspecified atom stereocenters. The van der Waals surface area contributed by atoms with E-state index in [9.17, 15) is 4.79 Å². The lowest BCUT2D eigenvalue weighted by molar-refractivity contribution is -0.131. The number of anilines is 1. The SMILES string of the molecule is CC(C)CN1CCN([C@H]2CCOC3(CCN(C(=O)Nc4ccccc4)CC3)C2)CC1. The largest absolute Gasteiger partial charge is 0.375 e. The van der Waals surface area contributed by atoms with Crippen LogP contribution < -0.4 is 5.32 Å². The number of nitrogens with one attached hydrogen (secondary N) is 1. The number of carbonyl (C=O) groups is 1. The Kier molecular flexibility index (Phi) is 6.96. The Bertz CT molecular complexity index is 680. The summed E-state index contributed by atoms with van der Waals surface area (Å²) in [5.41, 5.74) is 0.815. The van der Waals surface area contributed by atoms with E-state index in [4.69, 9.17) is 4.74 Å². The lowest BCUT2D eigenvalue weighted by atomic mass is 9.81. The molecule has 3 aliphatic rings. The van der Waals surface area contributed by atoms with Gasteiger partial charge in [0, 0.05) is 64.1 Å². The first kappa shape index (κ1) is 21.6. The fourth-order valence-electron chi connectivity index (χ4n) is 5.33. The molecule has 6 heteroatoms. The number of amides is 2. The van der Waals surface area contributed by atoms with Crippen molar-refractivity contribution in [1.82, 2.24) is 14.7 Å². The van der Waals surface area contributed by atoms with Crippen molar-refractivity contribution in [1.29, 1.82) is 0 Å². The molecule has 6 nitrogen and oxygen atoms in total. The summed E-state index contributed by atoms with van der Waals surface area (Å²) in [6, 6.07) is 10.3. The van der Waals surface area contributed by atoms with Crippen molar-refractivity contribution in [3.05, 3.63) is 30.3 Å². The quantitative estimate of drug-likeness (QED) is 0.819. The molecule has 3 aliphatic heterocycles. The van der Waals surface area contributed by atoms with Crippen molar-refractivity contribution in [3.8, 4) is 0 Å². The van der Waals surface area contributed by atoms with E-state index in [0.29, 0.717) is 6.04 Å². The molecule has 0 saturated carbocycles. The number of para-hydroxylation sites is 1. The van der Waals surface area contributed by atoms with Crippen LogP contribution in [0.3, 0.4) is 0 Å². The molecule has 30 heavy (non-hydrogen) atoms. The molecule has 3 saturated heterocycles. The van der Waals surface area contributed by atoms with Gasteiger partial charge >= 0.3 is 6.03 Å². The standard InChI is InChI=1S/C24H38N4O2/c1-20(2)19-26-13-15-27(16-14-26)22-8-17-30-24(18-22)9-11-28(12-10-24)23(29)25-21-6-4-3-5-7-21/h3-7,20,22H,8-19H2,1-2H3,(H,25,29)/t22-/m0/s1. The maximum atomic E-state index is 12.6. The van der Waals surface area contributed by atoms with Gasteiger partial charge in [-0.1, -0.05) is 32.0 Å². The first-order valence-electron chi connectivity index (χ1n) is 11.7. The molecule has 4 rings (SSSR count). The smallest absolute Gasteiger partial charge is 0.321 e. The fraction of sp³-hybridized carbons (Fsp3) is 0.708. The number of likely N-dealkylation sites (tertiary alicyclic amines) is 1. The lowest BCUT2D eigenvalue weighted by Crippen LogP contribution is -2.57. The Morgan fingerprint density at radius 3 is 2.47 bits per heavy atom. The highest BCUT2D eigenvalue weighted by Gasteiger charge is 2.42. The number of rotatable bonds is 4. The van der Waals surface area contributed by atoms with E-state index in [-0.39, 0.29) is 11.6 Å². The molecule has 1 N–H and O–H groups in total. The van der Waals surface area contributed by atoms with Crippen LogP contribution >= 0.6 is 0 Å². The highest BCUT2D eigenvalue weighted by Crippen LogP contribution is 2.37. The number of urea groups is 1. The van der Waals surface area contributed by atoms with Crippen molar-refractivity contribution in [3.63, 3.8) is 0 Å². The summed E-state index contributed by atoms with van der Waals surface area (Å²) in [5, 5.41) is 3.01. The van der Waals surface area contributed by atoms with Crippen LogP contribution in [0, 0.1) is 5.92 Å². The van der Waals surface area contributed by atoms with E-state index in [2.05, 4.69) is 29.0 Å². The van der Waals surface area contributed by atoms with Crippen molar-refractivity contribution in [2.45, 2.75) is 51.2 Å². The van der Waals surface area contributed by atoms with Gasteiger partial charge in [0.1, 0.15) is 0 Å². The van der Waals surface area contributed by atoms with Crippen LogP contribution in [0.1, 0.15) is 39.5 Å². The van der Waals surface area contributed by atoms with Gasteiger partial charge in [-0.2, -0.15) is 0 Å². The molecule has 1 atom stereocenters. The number of piperidine rings is 1.